The van der Waals surface area contributed by atoms with Crippen LogP contribution >= 0.6 is 0 Å². The highest BCUT2D eigenvalue weighted by atomic mass is 19.1. The van der Waals surface area contributed by atoms with Crippen LogP contribution in [0.25, 0.3) is 0 Å². The molecule has 1 N–H and O–H groups in total. The number of rotatable bonds is 3. The van der Waals surface area contributed by atoms with Gasteiger partial charge in [-0.1, -0.05) is 0 Å². The van der Waals surface area contributed by atoms with Gasteiger partial charge in [0, 0.05) is 39.4 Å². The number of hydrogen-bond donors (Lipinski definition) is 1. The Bertz CT molecular complexity index is 422. The van der Waals surface area contributed by atoms with Gasteiger partial charge < -0.3 is 15.0 Å². The van der Waals surface area contributed by atoms with Crippen molar-refractivity contribution in [2.24, 2.45) is 0 Å². The van der Waals surface area contributed by atoms with Gasteiger partial charge in [0.05, 0.1) is 0 Å². The van der Waals surface area contributed by atoms with E-state index in [-0.39, 0.29) is 17.7 Å². The minimum absolute atomic E-state index is 0.0605. The number of nitrogens with one attached hydrogen (secondary N) is 1. The molecule has 0 aliphatic carbocycles. The Morgan fingerprint density at radius 1 is 1.33 bits per heavy atom. The van der Waals surface area contributed by atoms with Crippen molar-refractivity contribution in [3.8, 4) is 0 Å². The molecular weight excluding hydrogens is 240 g/mol. The highest BCUT2D eigenvalue weighted by Crippen LogP contribution is 2.25. The van der Waals surface area contributed by atoms with Gasteiger partial charge in [-0.25, -0.2) is 13.8 Å². The summed E-state index contributed by atoms with van der Waals surface area (Å²) in [7, 11) is 3.33. The highest BCUT2D eigenvalue weighted by Gasteiger charge is 2.23. The zero-order chi connectivity index (χ0) is 13.1. The van der Waals surface area contributed by atoms with Crippen molar-refractivity contribution >= 4 is 11.6 Å². The van der Waals surface area contributed by atoms with Crippen LogP contribution in [0.5, 0.6) is 0 Å². The predicted octanol–water partition coefficient (Wildman–Crippen LogP) is 2.02. The second kappa shape index (κ2) is 5.48. The first-order valence-electron chi connectivity index (χ1n) is 5.98. The van der Waals surface area contributed by atoms with E-state index in [1.165, 1.54) is 0 Å². The normalized spacial score (nSPS) is 16.7. The Balaban J connectivity index is 2.25. The first-order chi connectivity index (χ1) is 8.63. The third-order valence-electron chi connectivity index (χ3n) is 3.22. The molecule has 0 atom stereocenters. The van der Waals surface area contributed by atoms with E-state index in [2.05, 4.69) is 10.3 Å². The second-order valence-electron chi connectivity index (χ2n) is 4.33. The van der Waals surface area contributed by atoms with Crippen LogP contribution in [0.15, 0.2) is 6.07 Å². The fourth-order valence-electron chi connectivity index (χ4n) is 2.12. The van der Waals surface area contributed by atoms with Crippen molar-refractivity contribution < 1.29 is 13.5 Å². The summed E-state index contributed by atoms with van der Waals surface area (Å²) in [6.45, 7) is 1.33. The lowest BCUT2D eigenvalue weighted by Crippen LogP contribution is -2.37. The fourth-order valence-corrected chi connectivity index (χ4v) is 2.12. The molecule has 2 heterocycles. The molecule has 4 nitrogen and oxygen atoms in total. The quantitative estimate of drug-likeness (QED) is 0.899. The van der Waals surface area contributed by atoms with Crippen LogP contribution in [-0.2, 0) is 4.74 Å². The molecule has 1 aromatic rings. The number of ether oxygens (including phenoxy) is 1. The van der Waals surface area contributed by atoms with Crippen LogP contribution < -0.4 is 10.2 Å². The molecule has 100 valence electrons. The predicted molar refractivity (Wildman–Crippen MR) is 65.9 cm³/mol. The van der Waals surface area contributed by atoms with E-state index in [0.29, 0.717) is 13.2 Å². The molecule has 0 unspecified atom stereocenters. The number of aromatic nitrogens is 1. The largest absolute Gasteiger partial charge is 0.381 e. The van der Waals surface area contributed by atoms with Gasteiger partial charge in [-0.2, -0.15) is 0 Å². The Morgan fingerprint density at radius 2 is 2.00 bits per heavy atom. The van der Waals surface area contributed by atoms with Crippen molar-refractivity contribution in [3.05, 3.63) is 17.7 Å². The summed E-state index contributed by atoms with van der Waals surface area (Å²) in [4.78, 5) is 5.75. The van der Waals surface area contributed by atoms with Gasteiger partial charge in [0.25, 0.3) is 0 Å². The van der Waals surface area contributed by atoms with Crippen LogP contribution in [0.3, 0.4) is 0 Å². The number of anilines is 2. The number of hydrogen-bond acceptors (Lipinski definition) is 4. The Labute approximate surface area is 105 Å². The van der Waals surface area contributed by atoms with Gasteiger partial charge in [-0.15, -0.1) is 0 Å². The highest BCUT2D eigenvalue weighted by molar-refractivity contribution is 5.49. The van der Waals surface area contributed by atoms with Gasteiger partial charge in [0.15, 0.2) is 23.3 Å². The van der Waals surface area contributed by atoms with E-state index in [9.17, 15) is 8.78 Å². The molecule has 1 aromatic heterocycles. The molecule has 1 aliphatic rings. The number of halogens is 2. The molecule has 1 saturated heterocycles. The standard InChI is InChI=1S/C12H17F2N3O/c1-15-11-9(13)7-10(14)12(16-11)17(2)8-3-5-18-6-4-8/h7-8H,3-6H2,1-2H3,(H,15,16). The van der Waals surface area contributed by atoms with Crippen molar-refractivity contribution in [3.63, 3.8) is 0 Å². The van der Waals surface area contributed by atoms with Gasteiger partial charge >= 0.3 is 0 Å². The first kappa shape index (κ1) is 13.0. The Hall–Kier alpha value is -1.43. The van der Waals surface area contributed by atoms with E-state index in [0.717, 1.165) is 18.9 Å². The number of nitrogens with zero attached hydrogens (tertiary/aromatic N) is 2. The summed E-state index contributed by atoms with van der Waals surface area (Å²) in [5.41, 5.74) is 0. The van der Waals surface area contributed by atoms with Crippen LogP contribution in [0, 0.1) is 11.6 Å². The lowest BCUT2D eigenvalue weighted by Gasteiger charge is -2.32. The summed E-state index contributed by atoms with van der Waals surface area (Å²) >= 11 is 0. The van der Waals surface area contributed by atoms with Gasteiger partial charge in [0.2, 0.25) is 0 Å². The van der Waals surface area contributed by atoms with Crippen LogP contribution in [0.2, 0.25) is 0 Å². The molecule has 2 rings (SSSR count). The Morgan fingerprint density at radius 3 is 2.61 bits per heavy atom. The average Bonchev–Trinajstić information content (AvgIpc) is 2.39. The molecule has 0 aromatic carbocycles. The van der Waals surface area contributed by atoms with Gasteiger partial charge in [-0.3, -0.25) is 0 Å². The summed E-state index contributed by atoms with van der Waals surface area (Å²) in [5.74, 6) is -1.09. The number of pyridine rings is 1. The van der Waals surface area contributed by atoms with Crippen molar-refractivity contribution in [1.82, 2.24) is 4.98 Å². The van der Waals surface area contributed by atoms with E-state index in [4.69, 9.17) is 4.74 Å². The topological polar surface area (TPSA) is 37.4 Å². The molecule has 1 aliphatic heterocycles. The summed E-state index contributed by atoms with van der Waals surface area (Å²) in [5, 5.41) is 2.62. The van der Waals surface area contributed by atoms with E-state index >= 15 is 0 Å². The minimum Gasteiger partial charge on any atom is -0.381 e. The van der Waals surface area contributed by atoms with E-state index < -0.39 is 11.6 Å². The summed E-state index contributed by atoms with van der Waals surface area (Å²) < 4.78 is 32.4. The maximum Gasteiger partial charge on any atom is 0.168 e. The second-order valence-corrected chi connectivity index (χ2v) is 4.33. The maximum absolute atomic E-state index is 13.8. The molecule has 1 fully saturated rings. The SMILES string of the molecule is CNc1nc(N(C)C2CCOCC2)c(F)cc1F. The third-order valence-corrected chi connectivity index (χ3v) is 3.22. The zero-order valence-corrected chi connectivity index (χ0v) is 10.5. The molecule has 0 amide bonds. The lowest BCUT2D eigenvalue weighted by atomic mass is 10.1. The van der Waals surface area contributed by atoms with Gasteiger partial charge in [0.1, 0.15) is 0 Å². The smallest absolute Gasteiger partial charge is 0.168 e. The van der Waals surface area contributed by atoms with Gasteiger partial charge in [-0.05, 0) is 12.8 Å². The molecule has 0 bridgehead atoms. The van der Waals surface area contributed by atoms with Crippen LogP contribution in [0.1, 0.15) is 12.8 Å². The monoisotopic (exact) mass is 257 g/mol. The minimum atomic E-state index is -0.681. The van der Waals surface area contributed by atoms with E-state index in [1.807, 2.05) is 0 Å². The molecular formula is C12H17F2N3O. The maximum atomic E-state index is 13.8. The van der Waals surface area contributed by atoms with E-state index in [1.54, 1.807) is 19.0 Å². The van der Waals surface area contributed by atoms with Crippen molar-refractivity contribution in [1.29, 1.82) is 0 Å². The lowest BCUT2D eigenvalue weighted by molar-refractivity contribution is 0.0852. The van der Waals surface area contributed by atoms with Crippen molar-refractivity contribution in [2.75, 3.05) is 37.5 Å². The molecule has 0 radical (unpaired) electrons. The molecule has 0 spiro atoms. The zero-order valence-electron chi connectivity index (χ0n) is 10.5. The summed E-state index contributed by atoms with van der Waals surface area (Å²) in [6.07, 6.45) is 1.65. The third kappa shape index (κ3) is 2.53. The molecule has 18 heavy (non-hydrogen) atoms. The molecule has 6 heteroatoms. The molecule has 0 saturated carbocycles. The van der Waals surface area contributed by atoms with Crippen LogP contribution in [-0.4, -0.2) is 38.3 Å². The van der Waals surface area contributed by atoms with Crippen LogP contribution in [0.4, 0.5) is 20.4 Å². The fraction of sp³-hybridized carbons (Fsp3) is 0.583. The summed E-state index contributed by atoms with van der Waals surface area (Å²) in [6, 6.07) is 1.04. The Kier molecular flexibility index (Phi) is 3.96. The first-order valence-corrected chi connectivity index (χ1v) is 5.98. The van der Waals surface area contributed by atoms with Crippen molar-refractivity contribution in [2.45, 2.75) is 18.9 Å². The average molecular weight is 257 g/mol.